The van der Waals surface area contributed by atoms with Crippen molar-refractivity contribution in [2.45, 2.75) is 45.4 Å². The van der Waals surface area contributed by atoms with Crippen LogP contribution in [0.3, 0.4) is 0 Å². The molecule has 0 aliphatic carbocycles. The average molecular weight is 387 g/mol. The fourth-order valence-electron chi connectivity index (χ4n) is 3.65. The Balaban J connectivity index is 1.93. The van der Waals surface area contributed by atoms with Crippen LogP contribution in [-0.2, 0) is 10.0 Å². The van der Waals surface area contributed by atoms with Crippen LogP contribution in [0.5, 0.6) is 0 Å². The standard InChI is InChI=1S/C21H26N2O3S/c1-14-11-16(3)20(17(4)12-14)22-21(24)18-8-7-15(2)19(13-18)27(25,26)23-9-5-6-10-23/h7-8,11-13H,5-6,9-10H2,1-4H3,(H,22,24). The maximum Gasteiger partial charge on any atom is 0.255 e. The van der Waals surface area contributed by atoms with Gasteiger partial charge in [0.25, 0.3) is 5.91 Å². The zero-order valence-corrected chi connectivity index (χ0v) is 17.1. The van der Waals surface area contributed by atoms with Gasteiger partial charge in [-0.05, 0) is 69.4 Å². The molecule has 5 nitrogen and oxygen atoms in total. The fourth-order valence-corrected chi connectivity index (χ4v) is 5.42. The zero-order valence-electron chi connectivity index (χ0n) is 16.3. The van der Waals surface area contributed by atoms with Crippen molar-refractivity contribution in [3.63, 3.8) is 0 Å². The minimum Gasteiger partial charge on any atom is -0.322 e. The highest BCUT2D eigenvalue weighted by Gasteiger charge is 2.29. The summed E-state index contributed by atoms with van der Waals surface area (Å²) < 4.78 is 27.4. The second-order valence-corrected chi connectivity index (χ2v) is 9.23. The molecule has 1 N–H and O–H groups in total. The third-order valence-electron chi connectivity index (χ3n) is 5.05. The first-order valence-electron chi connectivity index (χ1n) is 9.20. The molecule has 0 spiro atoms. The molecule has 27 heavy (non-hydrogen) atoms. The predicted molar refractivity (Wildman–Crippen MR) is 108 cm³/mol. The Bertz CT molecular complexity index is 967. The van der Waals surface area contributed by atoms with Crippen molar-refractivity contribution in [2.24, 2.45) is 0 Å². The maximum atomic E-state index is 12.9. The molecule has 1 aliphatic heterocycles. The number of nitrogens with zero attached hydrogens (tertiary/aromatic N) is 1. The summed E-state index contributed by atoms with van der Waals surface area (Å²) in [5.74, 6) is -0.303. The number of hydrogen-bond donors (Lipinski definition) is 1. The molecule has 1 heterocycles. The van der Waals surface area contributed by atoms with Crippen molar-refractivity contribution >= 4 is 21.6 Å². The fraction of sp³-hybridized carbons (Fsp3) is 0.381. The van der Waals surface area contributed by atoms with Crippen LogP contribution in [0.25, 0.3) is 0 Å². The molecule has 0 saturated carbocycles. The molecule has 1 fully saturated rings. The van der Waals surface area contributed by atoms with Gasteiger partial charge in [0.1, 0.15) is 0 Å². The Morgan fingerprint density at radius 3 is 2.11 bits per heavy atom. The summed E-state index contributed by atoms with van der Waals surface area (Å²) in [5, 5.41) is 2.94. The minimum absolute atomic E-state index is 0.217. The van der Waals surface area contributed by atoms with Gasteiger partial charge in [0, 0.05) is 24.3 Å². The largest absolute Gasteiger partial charge is 0.322 e. The number of rotatable bonds is 4. The normalized spacial score (nSPS) is 15.1. The number of sulfonamides is 1. The molecular weight excluding hydrogens is 360 g/mol. The van der Waals surface area contributed by atoms with Crippen molar-refractivity contribution in [1.82, 2.24) is 4.31 Å². The van der Waals surface area contributed by atoms with Gasteiger partial charge in [-0.2, -0.15) is 4.31 Å². The minimum atomic E-state index is -3.57. The van der Waals surface area contributed by atoms with E-state index in [2.05, 4.69) is 5.32 Å². The molecule has 0 bridgehead atoms. The molecule has 2 aromatic rings. The highest BCUT2D eigenvalue weighted by molar-refractivity contribution is 7.89. The second-order valence-electron chi connectivity index (χ2n) is 7.32. The van der Waals surface area contributed by atoms with Crippen LogP contribution in [0.4, 0.5) is 5.69 Å². The quantitative estimate of drug-likeness (QED) is 0.865. The monoisotopic (exact) mass is 386 g/mol. The van der Waals surface area contributed by atoms with E-state index >= 15 is 0 Å². The van der Waals surface area contributed by atoms with E-state index in [1.165, 1.54) is 10.4 Å². The van der Waals surface area contributed by atoms with E-state index in [-0.39, 0.29) is 10.8 Å². The molecule has 0 unspecified atom stereocenters. The summed E-state index contributed by atoms with van der Waals surface area (Å²) in [7, 11) is -3.57. The van der Waals surface area contributed by atoms with Gasteiger partial charge in [0.05, 0.1) is 4.90 Å². The van der Waals surface area contributed by atoms with E-state index in [1.807, 2.05) is 32.9 Å². The molecular formula is C21H26N2O3S. The van der Waals surface area contributed by atoms with Gasteiger partial charge in [-0.15, -0.1) is 0 Å². The summed E-state index contributed by atoms with van der Waals surface area (Å²) in [5.41, 5.74) is 4.88. The van der Waals surface area contributed by atoms with E-state index in [9.17, 15) is 13.2 Å². The van der Waals surface area contributed by atoms with E-state index in [0.29, 0.717) is 24.2 Å². The zero-order chi connectivity index (χ0) is 19.8. The number of anilines is 1. The van der Waals surface area contributed by atoms with Crippen molar-refractivity contribution in [1.29, 1.82) is 0 Å². The van der Waals surface area contributed by atoms with Crippen LogP contribution in [-0.4, -0.2) is 31.7 Å². The Kier molecular flexibility index (Phi) is 5.40. The second kappa shape index (κ2) is 7.44. The molecule has 1 amide bonds. The molecule has 3 rings (SSSR count). The molecule has 144 valence electrons. The topological polar surface area (TPSA) is 66.5 Å². The Morgan fingerprint density at radius 2 is 1.52 bits per heavy atom. The highest BCUT2D eigenvalue weighted by atomic mass is 32.2. The summed E-state index contributed by atoms with van der Waals surface area (Å²) in [6, 6.07) is 8.90. The van der Waals surface area contributed by atoms with E-state index in [4.69, 9.17) is 0 Å². The molecule has 2 aromatic carbocycles. The van der Waals surface area contributed by atoms with Crippen LogP contribution >= 0.6 is 0 Å². The van der Waals surface area contributed by atoms with Crippen LogP contribution in [0.1, 0.15) is 45.5 Å². The average Bonchev–Trinajstić information content (AvgIpc) is 3.13. The number of benzene rings is 2. The van der Waals surface area contributed by atoms with Crippen molar-refractivity contribution in [2.75, 3.05) is 18.4 Å². The number of carbonyl (C=O) groups is 1. The Hall–Kier alpha value is -2.18. The van der Waals surface area contributed by atoms with Crippen LogP contribution in [0, 0.1) is 27.7 Å². The van der Waals surface area contributed by atoms with Crippen molar-refractivity contribution in [3.8, 4) is 0 Å². The molecule has 0 aromatic heterocycles. The molecule has 1 saturated heterocycles. The third kappa shape index (κ3) is 3.92. The number of nitrogens with one attached hydrogen (secondary N) is 1. The molecule has 0 atom stereocenters. The van der Waals surface area contributed by atoms with Crippen molar-refractivity contribution < 1.29 is 13.2 Å². The summed E-state index contributed by atoms with van der Waals surface area (Å²) >= 11 is 0. The van der Waals surface area contributed by atoms with Gasteiger partial charge in [0.2, 0.25) is 10.0 Å². The van der Waals surface area contributed by atoms with Gasteiger partial charge in [-0.25, -0.2) is 8.42 Å². The lowest BCUT2D eigenvalue weighted by molar-refractivity contribution is 0.102. The SMILES string of the molecule is Cc1cc(C)c(NC(=O)c2ccc(C)c(S(=O)(=O)N3CCCC3)c2)c(C)c1. The lowest BCUT2D eigenvalue weighted by Crippen LogP contribution is -2.28. The molecule has 1 aliphatic rings. The number of aryl methyl sites for hydroxylation is 4. The highest BCUT2D eigenvalue weighted by Crippen LogP contribution is 2.26. The first-order valence-corrected chi connectivity index (χ1v) is 10.6. The lowest BCUT2D eigenvalue weighted by atomic mass is 10.0. The van der Waals surface area contributed by atoms with E-state index in [0.717, 1.165) is 35.2 Å². The van der Waals surface area contributed by atoms with Crippen LogP contribution in [0.2, 0.25) is 0 Å². The van der Waals surface area contributed by atoms with E-state index < -0.39 is 10.0 Å². The summed E-state index contributed by atoms with van der Waals surface area (Å²) in [6.45, 7) is 8.77. The lowest BCUT2D eigenvalue weighted by Gasteiger charge is -2.18. The predicted octanol–water partition coefficient (Wildman–Crippen LogP) is 3.96. The van der Waals surface area contributed by atoms with Gasteiger partial charge >= 0.3 is 0 Å². The van der Waals surface area contributed by atoms with Gasteiger partial charge in [-0.3, -0.25) is 4.79 Å². The first kappa shape index (κ1) is 19.6. The number of hydrogen-bond acceptors (Lipinski definition) is 3. The number of amides is 1. The first-order chi connectivity index (χ1) is 12.7. The molecule has 6 heteroatoms. The van der Waals surface area contributed by atoms with Crippen molar-refractivity contribution in [3.05, 3.63) is 58.1 Å². The molecule has 0 radical (unpaired) electrons. The maximum absolute atomic E-state index is 12.9. The third-order valence-corrected chi connectivity index (χ3v) is 7.09. The van der Waals surface area contributed by atoms with Crippen LogP contribution < -0.4 is 5.32 Å². The van der Waals surface area contributed by atoms with Gasteiger partial charge in [-0.1, -0.05) is 23.8 Å². The van der Waals surface area contributed by atoms with Crippen LogP contribution in [0.15, 0.2) is 35.2 Å². The summed E-state index contributed by atoms with van der Waals surface area (Å²) in [6.07, 6.45) is 1.76. The summed E-state index contributed by atoms with van der Waals surface area (Å²) in [4.78, 5) is 13.0. The van der Waals surface area contributed by atoms with E-state index in [1.54, 1.807) is 19.1 Å². The van der Waals surface area contributed by atoms with Gasteiger partial charge in [0.15, 0.2) is 0 Å². The van der Waals surface area contributed by atoms with Gasteiger partial charge < -0.3 is 5.32 Å². The Morgan fingerprint density at radius 1 is 0.926 bits per heavy atom. The smallest absolute Gasteiger partial charge is 0.255 e. The number of carbonyl (C=O) groups excluding carboxylic acids is 1. The Labute approximate surface area is 161 Å².